The monoisotopic (exact) mass is 264 g/mol. The fourth-order valence-electron chi connectivity index (χ4n) is 1.60. The van der Waals surface area contributed by atoms with Crippen LogP contribution in [0.1, 0.15) is 10.4 Å². The number of benzene rings is 2. The van der Waals surface area contributed by atoms with Crippen molar-refractivity contribution in [2.45, 2.75) is 0 Å². The predicted octanol–water partition coefficient (Wildman–Crippen LogP) is 2.44. The summed E-state index contributed by atoms with van der Waals surface area (Å²) < 4.78 is 31.9. The predicted molar refractivity (Wildman–Crippen MR) is 65.8 cm³/mol. The maximum atomic E-state index is 13.5. The Morgan fingerprint density at radius 2 is 1.89 bits per heavy atom. The van der Waals surface area contributed by atoms with Crippen LogP contribution in [0.4, 0.5) is 14.5 Å². The Kier molecular flexibility index (Phi) is 3.33. The molecule has 0 saturated heterocycles. The van der Waals surface area contributed by atoms with Gasteiger partial charge in [-0.1, -0.05) is 6.07 Å². The van der Waals surface area contributed by atoms with Crippen LogP contribution in [-0.2, 0) is 0 Å². The van der Waals surface area contributed by atoms with E-state index in [0.717, 1.165) is 18.2 Å². The van der Waals surface area contributed by atoms with Crippen LogP contribution in [-0.4, -0.2) is 5.91 Å². The smallest absolute Gasteiger partial charge is 0.255 e. The van der Waals surface area contributed by atoms with Crippen molar-refractivity contribution in [1.29, 1.82) is 0 Å². The van der Waals surface area contributed by atoms with Gasteiger partial charge >= 0.3 is 0 Å². The number of hydrogen-bond acceptors (Lipinski definition) is 3. The molecule has 0 aliphatic carbocycles. The summed E-state index contributed by atoms with van der Waals surface area (Å²) >= 11 is 0. The topological polar surface area (TPSA) is 78.3 Å². The first-order chi connectivity index (χ1) is 8.97. The highest BCUT2D eigenvalue weighted by Crippen LogP contribution is 2.28. The van der Waals surface area contributed by atoms with Crippen molar-refractivity contribution in [2.24, 2.45) is 5.73 Å². The Labute approximate surface area is 107 Å². The molecule has 0 saturated carbocycles. The van der Waals surface area contributed by atoms with Gasteiger partial charge in [-0.25, -0.2) is 8.78 Å². The van der Waals surface area contributed by atoms with Crippen LogP contribution in [0.25, 0.3) is 0 Å². The van der Waals surface area contributed by atoms with E-state index in [0.29, 0.717) is 0 Å². The van der Waals surface area contributed by atoms with Crippen molar-refractivity contribution < 1.29 is 18.3 Å². The summed E-state index contributed by atoms with van der Waals surface area (Å²) in [5, 5.41) is 0. The summed E-state index contributed by atoms with van der Waals surface area (Å²) in [6, 6.07) is 7.29. The number of carbonyl (C=O) groups is 1. The third-order valence-corrected chi connectivity index (χ3v) is 2.34. The summed E-state index contributed by atoms with van der Waals surface area (Å²) in [5.41, 5.74) is 10.3. The van der Waals surface area contributed by atoms with Gasteiger partial charge in [-0.3, -0.25) is 4.79 Å². The van der Waals surface area contributed by atoms with E-state index in [1.54, 1.807) is 0 Å². The average Bonchev–Trinajstić information content (AvgIpc) is 2.26. The van der Waals surface area contributed by atoms with Gasteiger partial charge in [0.1, 0.15) is 28.7 Å². The molecule has 1 amide bonds. The number of nitrogen functional groups attached to an aromatic ring is 1. The number of ether oxygens (including phenoxy) is 1. The van der Waals surface area contributed by atoms with Gasteiger partial charge in [0, 0.05) is 17.8 Å². The molecule has 0 aliphatic rings. The number of amides is 1. The summed E-state index contributed by atoms with van der Waals surface area (Å²) in [7, 11) is 0. The Morgan fingerprint density at radius 3 is 2.53 bits per heavy atom. The van der Waals surface area contributed by atoms with Gasteiger partial charge in [-0.2, -0.15) is 0 Å². The van der Waals surface area contributed by atoms with E-state index in [-0.39, 0.29) is 17.2 Å². The number of anilines is 1. The minimum absolute atomic E-state index is 0.0469. The van der Waals surface area contributed by atoms with Crippen LogP contribution in [0, 0.1) is 11.6 Å². The number of nitrogens with two attached hydrogens (primary N) is 2. The first-order valence-corrected chi connectivity index (χ1v) is 5.29. The molecule has 0 aromatic heterocycles. The van der Waals surface area contributed by atoms with Crippen molar-refractivity contribution in [3.05, 3.63) is 53.6 Å². The molecule has 98 valence electrons. The van der Waals surface area contributed by atoms with Crippen molar-refractivity contribution >= 4 is 11.6 Å². The van der Waals surface area contributed by atoms with Crippen LogP contribution in [0.3, 0.4) is 0 Å². The molecule has 4 nitrogen and oxygen atoms in total. The van der Waals surface area contributed by atoms with Crippen LogP contribution >= 0.6 is 0 Å². The highest BCUT2D eigenvalue weighted by Gasteiger charge is 2.16. The molecule has 6 heteroatoms. The fraction of sp³-hybridized carbons (Fsp3) is 0. The van der Waals surface area contributed by atoms with Crippen LogP contribution in [0.5, 0.6) is 11.5 Å². The zero-order valence-electron chi connectivity index (χ0n) is 9.69. The molecule has 0 bridgehead atoms. The van der Waals surface area contributed by atoms with Crippen molar-refractivity contribution in [2.75, 3.05) is 5.73 Å². The van der Waals surface area contributed by atoms with Crippen molar-refractivity contribution in [3.8, 4) is 11.5 Å². The molecule has 0 radical (unpaired) electrons. The third kappa shape index (κ3) is 2.79. The highest BCUT2D eigenvalue weighted by atomic mass is 19.1. The molecular formula is C13H10F2N2O2. The lowest BCUT2D eigenvalue weighted by atomic mass is 10.2. The van der Waals surface area contributed by atoms with Gasteiger partial charge in [-0.05, 0) is 18.2 Å². The number of carbonyl (C=O) groups excluding carboxylic acids is 1. The van der Waals surface area contributed by atoms with E-state index in [9.17, 15) is 13.6 Å². The van der Waals surface area contributed by atoms with E-state index >= 15 is 0 Å². The van der Waals surface area contributed by atoms with Crippen molar-refractivity contribution in [1.82, 2.24) is 0 Å². The Hall–Kier alpha value is -2.63. The summed E-state index contributed by atoms with van der Waals surface area (Å²) in [5.74, 6) is -2.44. The molecular weight excluding hydrogens is 254 g/mol. The average molecular weight is 264 g/mol. The number of rotatable bonds is 3. The van der Waals surface area contributed by atoms with Crippen LogP contribution in [0.15, 0.2) is 36.4 Å². The molecule has 0 heterocycles. The SMILES string of the molecule is NC(=O)c1c(F)cccc1Oc1cc(N)cc(F)c1. The van der Waals surface area contributed by atoms with Gasteiger partial charge in [0.15, 0.2) is 0 Å². The van der Waals surface area contributed by atoms with Gasteiger partial charge in [-0.15, -0.1) is 0 Å². The molecule has 0 atom stereocenters. The number of primary amides is 1. The maximum absolute atomic E-state index is 13.5. The molecule has 0 spiro atoms. The van der Waals surface area contributed by atoms with E-state index in [1.165, 1.54) is 18.2 Å². The second-order valence-corrected chi connectivity index (χ2v) is 3.80. The van der Waals surface area contributed by atoms with Gasteiger partial charge in [0.25, 0.3) is 5.91 Å². The lowest BCUT2D eigenvalue weighted by Gasteiger charge is -2.10. The third-order valence-electron chi connectivity index (χ3n) is 2.34. The minimum Gasteiger partial charge on any atom is -0.456 e. The van der Waals surface area contributed by atoms with Gasteiger partial charge < -0.3 is 16.2 Å². The van der Waals surface area contributed by atoms with E-state index in [1.807, 2.05) is 0 Å². The minimum atomic E-state index is -0.975. The standard InChI is InChI=1S/C13H10F2N2O2/c14-7-4-8(16)6-9(5-7)19-11-3-1-2-10(15)12(11)13(17)18/h1-6H,16H2,(H2,17,18). The summed E-state index contributed by atoms with van der Waals surface area (Å²) in [6.45, 7) is 0. The highest BCUT2D eigenvalue weighted by molar-refractivity contribution is 5.96. The van der Waals surface area contributed by atoms with Gasteiger partial charge in [0.2, 0.25) is 0 Å². The molecule has 2 rings (SSSR count). The zero-order chi connectivity index (χ0) is 14.0. The second kappa shape index (κ2) is 4.93. The molecule has 4 N–H and O–H groups in total. The molecule has 0 fully saturated rings. The molecule has 19 heavy (non-hydrogen) atoms. The number of hydrogen-bond donors (Lipinski definition) is 2. The van der Waals surface area contributed by atoms with E-state index in [4.69, 9.17) is 16.2 Å². The normalized spacial score (nSPS) is 10.2. The molecule has 0 unspecified atom stereocenters. The Bertz CT molecular complexity index is 624. The largest absolute Gasteiger partial charge is 0.456 e. The molecule has 2 aromatic rings. The summed E-state index contributed by atoms with van der Waals surface area (Å²) in [4.78, 5) is 11.2. The van der Waals surface area contributed by atoms with Crippen LogP contribution in [0.2, 0.25) is 0 Å². The first kappa shape index (κ1) is 12.8. The van der Waals surface area contributed by atoms with E-state index < -0.39 is 23.1 Å². The quantitative estimate of drug-likeness (QED) is 0.836. The number of halogens is 2. The van der Waals surface area contributed by atoms with E-state index in [2.05, 4.69) is 0 Å². The first-order valence-electron chi connectivity index (χ1n) is 5.29. The van der Waals surface area contributed by atoms with Crippen molar-refractivity contribution in [3.63, 3.8) is 0 Å². The molecule has 2 aromatic carbocycles. The Morgan fingerprint density at radius 1 is 1.16 bits per heavy atom. The van der Waals surface area contributed by atoms with Crippen LogP contribution < -0.4 is 16.2 Å². The lowest BCUT2D eigenvalue weighted by molar-refractivity contribution is 0.0994. The molecule has 0 aliphatic heterocycles. The second-order valence-electron chi connectivity index (χ2n) is 3.80. The van der Waals surface area contributed by atoms with Gasteiger partial charge in [0.05, 0.1) is 0 Å². The summed E-state index contributed by atoms with van der Waals surface area (Å²) in [6.07, 6.45) is 0. The maximum Gasteiger partial charge on any atom is 0.255 e. The zero-order valence-corrected chi connectivity index (χ0v) is 9.69. The lowest BCUT2D eigenvalue weighted by Crippen LogP contribution is -2.14. The fourth-order valence-corrected chi connectivity index (χ4v) is 1.60. The Balaban J connectivity index is 2.43.